The number of carbonyl (C=O) groups excluding carboxylic acids is 1. The molecule has 0 spiro atoms. The lowest BCUT2D eigenvalue weighted by Crippen LogP contribution is -2.59. The molecule has 0 bridgehead atoms. The Labute approximate surface area is 240 Å². The summed E-state index contributed by atoms with van der Waals surface area (Å²) in [7, 11) is 1.73. The van der Waals surface area contributed by atoms with Crippen molar-refractivity contribution in [1.29, 1.82) is 10.8 Å². The Hall–Kier alpha value is -2.96. The number of likely N-dealkylation sites (tertiary alicyclic amines) is 2. The van der Waals surface area contributed by atoms with Crippen molar-refractivity contribution < 1.29 is 23.5 Å². The van der Waals surface area contributed by atoms with E-state index in [2.05, 4.69) is 10.6 Å². The van der Waals surface area contributed by atoms with Gasteiger partial charge in [0.1, 0.15) is 5.84 Å². The fraction of sp³-hybridized carbons (Fsp3) is 0.655. The number of fused-ring (bicyclic) bond motifs is 1. The number of aliphatic carboxylic acids is 1. The SMILES string of the molecule is CNCC(C=N)c1cc2c(cc1C(F)F)N(C(=N)C1CN(C(C)=O)CCC1NC1CCN(CC(=O)O)CC1)CCC2. The van der Waals surface area contributed by atoms with E-state index in [0.717, 1.165) is 24.8 Å². The second-order valence-electron chi connectivity index (χ2n) is 11.5. The number of carboxylic acids is 1. The molecule has 2 saturated heterocycles. The monoisotopic (exact) mass is 575 g/mol. The number of carboxylic acid groups (broad SMARTS) is 1. The molecule has 5 N–H and O–H groups in total. The molecular formula is C29H43F2N7O3. The number of hydrogen-bond acceptors (Lipinski definition) is 7. The van der Waals surface area contributed by atoms with Gasteiger partial charge in [-0.2, -0.15) is 0 Å². The van der Waals surface area contributed by atoms with Gasteiger partial charge in [0.2, 0.25) is 5.91 Å². The number of halogens is 2. The first kappa shape index (κ1) is 31.0. The number of alkyl halides is 2. The lowest BCUT2D eigenvalue weighted by Gasteiger charge is -2.44. The number of likely N-dealkylation sites (N-methyl/N-ethyl adjacent to an activating group) is 1. The van der Waals surface area contributed by atoms with Crippen molar-refractivity contribution in [2.75, 3.05) is 57.8 Å². The Morgan fingerprint density at radius 2 is 1.88 bits per heavy atom. The van der Waals surface area contributed by atoms with Crippen molar-refractivity contribution in [2.24, 2.45) is 5.92 Å². The molecule has 3 aliphatic rings. The summed E-state index contributed by atoms with van der Waals surface area (Å²) < 4.78 is 28.6. The molecule has 41 heavy (non-hydrogen) atoms. The standard InChI is InChI=1S/C29H43F2N7O3/c1-18(39)37-11-7-25(35-21-5-9-36(10-6-21)17-27(40)41)24(16-37)29(33)38-8-3-4-19-12-22(20(14-32)15-34-2)23(28(30)31)13-26(19)38/h12-14,20-21,24-25,28,32-35H,3-11,15-17H2,1-2H3,(H,40,41). The van der Waals surface area contributed by atoms with Gasteiger partial charge in [-0.1, -0.05) is 6.07 Å². The first-order valence-electron chi connectivity index (χ1n) is 14.5. The van der Waals surface area contributed by atoms with E-state index in [1.54, 1.807) is 18.0 Å². The van der Waals surface area contributed by atoms with Crippen LogP contribution in [0.3, 0.4) is 0 Å². The second-order valence-corrected chi connectivity index (χ2v) is 11.5. The van der Waals surface area contributed by atoms with Crippen LogP contribution in [0.2, 0.25) is 0 Å². The summed E-state index contributed by atoms with van der Waals surface area (Å²) in [6, 6.07) is 3.43. The summed E-state index contributed by atoms with van der Waals surface area (Å²) >= 11 is 0. The molecule has 0 radical (unpaired) electrons. The Balaban J connectivity index is 1.59. The van der Waals surface area contributed by atoms with Crippen molar-refractivity contribution in [3.8, 4) is 0 Å². The van der Waals surface area contributed by atoms with E-state index in [1.165, 1.54) is 19.2 Å². The number of benzene rings is 1. The quantitative estimate of drug-likeness (QED) is 0.214. The molecule has 3 heterocycles. The molecule has 12 heteroatoms. The minimum Gasteiger partial charge on any atom is -0.480 e. The van der Waals surface area contributed by atoms with E-state index in [4.69, 9.17) is 10.5 Å². The van der Waals surface area contributed by atoms with Crippen LogP contribution < -0.4 is 15.5 Å². The summed E-state index contributed by atoms with van der Waals surface area (Å²) in [4.78, 5) is 29.0. The number of amidine groups is 1. The molecule has 1 amide bonds. The molecule has 3 atom stereocenters. The van der Waals surface area contributed by atoms with Gasteiger partial charge in [0, 0.05) is 87.6 Å². The molecule has 4 rings (SSSR count). The average Bonchev–Trinajstić information content (AvgIpc) is 2.95. The molecule has 3 unspecified atom stereocenters. The summed E-state index contributed by atoms with van der Waals surface area (Å²) in [5.41, 5.74) is 1.86. The lowest BCUT2D eigenvalue weighted by molar-refractivity contribution is -0.138. The highest BCUT2D eigenvalue weighted by Gasteiger charge is 2.38. The maximum atomic E-state index is 14.3. The van der Waals surface area contributed by atoms with Crippen LogP contribution in [0.25, 0.3) is 0 Å². The number of anilines is 1. The smallest absolute Gasteiger partial charge is 0.317 e. The predicted molar refractivity (Wildman–Crippen MR) is 155 cm³/mol. The van der Waals surface area contributed by atoms with Gasteiger partial charge in [-0.3, -0.25) is 19.9 Å². The van der Waals surface area contributed by atoms with E-state index in [0.29, 0.717) is 69.2 Å². The lowest BCUT2D eigenvalue weighted by atomic mass is 9.86. The number of aryl methyl sites for hydroxylation is 1. The fourth-order valence-electron chi connectivity index (χ4n) is 6.57. The predicted octanol–water partition coefficient (Wildman–Crippen LogP) is 2.68. The van der Waals surface area contributed by atoms with Crippen molar-refractivity contribution in [1.82, 2.24) is 20.4 Å². The summed E-state index contributed by atoms with van der Waals surface area (Å²) in [6.07, 6.45) is 2.25. The number of nitrogens with one attached hydrogen (secondary N) is 4. The van der Waals surface area contributed by atoms with E-state index in [9.17, 15) is 23.8 Å². The Kier molecular flexibility index (Phi) is 10.4. The number of carbonyl (C=O) groups is 2. The molecule has 10 nitrogen and oxygen atoms in total. The van der Waals surface area contributed by atoms with Crippen LogP contribution >= 0.6 is 0 Å². The first-order valence-corrected chi connectivity index (χ1v) is 14.5. The van der Waals surface area contributed by atoms with Gasteiger partial charge >= 0.3 is 5.97 Å². The average molecular weight is 576 g/mol. The van der Waals surface area contributed by atoms with Gasteiger partial charge in [0.05, 0.1) is 6.54 Å². The van der Waals surface area contributed by atoms with E-state index >= 15 is 0 Å². The van der Waals surface area contributed by atoms with E-state index in [-0.39, 0.29) is 36.0 Å². The van der Waals surface area contributed by atoms with Crippen LogP contribution in [0.1, 0.15) is 61.6 Å². The third-order valence-corrected chi connectivity index (χ3v) is 8.76. The van der Waals surface area contributed by atoms with Crippen molar-refractivity contribution in [3.05, 3.63) is 28.8 Å². The number of piperidine rings is 2. The molecule has 2 fully saturated rings. The number of nitrogens with zero attached hydrogens (tertiary/aromatic N) is 3. The molecule has 1 aromatic carbocycles. The van der Waals surface area contributed by atoms with Crippen molar-refractivity contribution >= 4 is 29.6 Å². The Morgan fingerprint density at radius 1 is 1.15 bits per heavy atom. The number of rotatable bonds is 10. The van der Waals surface area contributed by atoms with Gasteiger partial charge < -0.3 is 30.9 Å². The molecule has 226 valence electrons. The molecule has 0 saturated carbocycles. The zero-order chi connectivity index (χ0) is 29.7. The van der Waals surface area contributed by atoms with E-state index in [1.807, 2.05) is 9.80 Å². The van der Waals surface area contributed by atoms with Gasteiger partial charge in [-0.25, -0.2) is 8.78 Å². The third-order valence-electron chi connectivity index (χ3n) is 8.76. The van der Waals surface area contributed by atoms with Crippen molar-refractivity contribution in [2.45, 2.75) is 63.5 Å². The zero-order valence-corrected chi connectivity index (χ0v) is 24.0. The second kappa shape index (κ2) is 13.8. The fourth-order valence-corrected chi connectivity index (χ4v) is 6.57. The maximum Gasteiger partial charge on any atom is 0.317 e. The Morgan fingerprint density at radius 3 is 2.49 bits per heavy atom. The van der Waals surface area contributed by atoms with Gasteiger partial charge in [-0.05, 0) is 56.3 Å². The third kappa shape index (κ3) is 7.28. The number of hydrogen-bond donors (Lipinski definition) is 5. The maximum absolute atomic E-state index is 14.3. The number of amides is 1. The molecule has 0 aliphatic carbocycles. The van der Waals surface area contributed by atoms with Crippen LogP contribution in [0.15, 0.2) is 12.1 Å². The van der Waals surface area contributed by atoms with Gasteiger partial charge in [0.25, 0.3) is 6.43 Å². The van der Waals surface area contributed by atoms with E-state index < -0.39 is 18.3 Å². The summed E-state index contributed by atoms with van der Waals surface area (Å²) in [5.74, 6) is -1.34. The zero-order valence-electron chi connectivity index (χ0n) is 24.0. The topological polar surface area (TPSA) is 136 Å². The Bertz CT molecular complexity index is 1130. The first-order chi connectivity index (χ1) is 19.6. The minimum atomic E-state index is -2.71. The summed E-state index contributed by atoms with van der Waals surface area (Å²) in [5, 5.41) is 33.0. The van der Waals surface area contributed by atoms with Crippen molar-refractivity contribution in [3.63, 3.8) is 0 Å². The van der Waals surface area contributed by atoms with Crippen LogP contribution in [-0.2, 0) is 16.0 Å². The highest BCUT2D eigenvalue weighted by Crippen LogP contribution is 2.38. The van der Waals surface area contributed by atoms with Crippen LogP contribution in [-0.4, -0.2) is 104 Å². The van der Waals surface area contributed by atoms with Crippen LogP contribution in [0, 0.1) is 16.7 Å². The molecule has 0 aromatic heterocycles. The highest BCUT2D eigenvalue weighted by molar-refractivity contribution is 5.99. The van der Waals surface area contributed by atoms with Gasteiger partial charge in [0.15, 0.2) is 0 Å². The largest absolute Gasteiger partial charge is 0.480 e. The minimum absolute atomic E-state index is 0.0310. The van der Waals surface area contributed by atoms with Gasteiger partial charge in [-0.15, -0.1) is 0 Å². The van der Waals surface area contributed by atoms with Crippen LogP contribution in [0.5, 0.6) is 0 Å². The molecule has 3 aliphatic heterocycles. The molecule has 1 aromatic rings. The highest BCUT2D eigenvalue weighted by atomic mass is 19.3. The normalized spacial score (nSPS) is 22.9. The molecular weight excluding hydrogens is 532 g/mol. The van der Waals surface area contributed by atoms with Crippen LogP contribution in [0.4, 0.5) is 14.5 Å². The summed E-state index contributed by atoms with van der Waals surface area (Å²) in [6.45, 7) is 4.81.